The predicted molar refractivity (Wildman–Crippen MR) is 95.9 cm³/mol. The van der Waals surface area contributed by atoms with Crippen LogP contribution in [0.5, 0.6) is 5.75 Å². The van der Waals surface area contributed by atoms with E-state index in [1.807, 2.05) is 19.1 Å². The van der Waals surface area contributed by atoms with Crippen molar-refractivity contribution in [2.45, 2.75) is 25.9 Å². The molecule has 132 valence electrons. The molecule has 2 aromatic carbocycles. The van der Waals surface area contributed by atoms with Crippen molar-refractivity contribution in [3.8, 4) is 5.75 Å². The molecule has 6 heteroatoms. The number of aromatic hydroxyl groups is 1. The van der Waals surface area contributed by atoms with Crippen molar-refractivity contribution in [1.82, 2.24) is 9.88 Å². The summed E-state index contributed by atoms with van der Waals surface area (Å²) >= 11 is 0. The van der Waals surface area contributed by atoms with Gasteiger partial charge in [0.05, 0.1) is 5.52 Å². The predicted octanol–water partition coefficient (Wildman–Crippen LogP) is 2.89. The van der Waals surface area contributed by atoms with Crippen LogP contribution in [0.3, 0.4) is 0 Å². The molecule has 0 bridgehead atoms. The number of benzene rings is 2. The van der Waals surface area contributed by atoms with E-state index in [1.165, 1.54) is 12.1 Å². The summed E-state index contributed by atoms with van der Waals surface area (Å²) in [5, 5.41) is 13.7. The molecule has 0 saturated carbocycles. The number of hydrogen-bond acceptors (Lipinski definition) is 3. The first kappa shape index (κ1) is 16.3. The third-order valence-electron chi connectivity index (χ3n) is 4.83. The van der Waals surface area contributed by atoms with E-state index in [-0.39, 0.29) is 29.7 Å². The van der Waals surface area contributed by atoms with Gasteiger partial charge in [-0.25, -0.2) is 4.39 Å². The number of carbonyl (C=O) groups is 1. The first-order chi connectivity index (χ1) is 12.5. The first-order valence-electron chi connectivity index (χ1n) is 8.39. The fourth-order valence-corrected chi connectivity index (χ4v) is 3.60. The van der Waals surface area contributed by atoms with Gasteiger partial charge in [0.1, 0.15) is 17.1 Å². The molecule has 2 heterocycles. The molecule has 1 atom stereocenters. The minimum absolute atomic E-state index is 0.0772. The van der Waals surface area contributed by atoms with Crippen LogP contribution in [0.1, 0.15) is 34.5 Å². The molecule has 1 aliphatic heterocycles. The van der Waals surface area contributed by atoms with E-state index < -0.39 is 11.5 Å². The zero-order chi connectivity index (χ0) is 18.4. The van der Waals surface area contributed by atoms with Gasteiger partial charge in [-0.3, -0.25) is 9.59 Å². The third-order valence-corrected chi connectivity index (χ3v) is 4.83. The number of pyridine rings is 1. The Balaban J connectivity index is 1.74. The number of amides is 1. The van der Waals surface area contributed by atoms with Crippen LogP contribution in [-0.4, -0.2) is 15.6 Å². The Hall–Kier alpha value is -3.15. The lowest BCUT2D eigenvalue weighted by Crippen LogP contribution is -2.33. The Bertz CT molecular complexity index is 1090. The van der Waals surface area contributed by atoms with Crippen molar-refractivity contribution < 1.29 is 14.3 Å². The Kier molecular flexibility index (Phi) is 3.76. The molecule has 2 N–H and O–H groups in total. The maximum atomic E-state index is 13.0. The second kappa shape index (κ2) is 5.98. The SMILES string of the molecule is CC1Cc2cccc3c(O)c(C(=O)NCc4ccc(F)cc4)c(=O)n1c23. The van der Waals surface area contributed by atoms with Crippen LogP contribution in [0, 0.1) is 5.82 Å². The van der Waals surface area contributed by atoms with Crippen LogP contribution in [0.15, 0.2) is 47.3 Å². The van der Waals surface area contributed by atoms with E-state index in [9.17, 15) is 19.1 Å². The molecule has 4 rings (SSSR count). The van der Waals surface area contributed by atoms with Gasteiger partial charge in [0.25, 0.3) is 11.5 Å². The summed E-state index contributed by atoms with van der Waals surface area (Å²) in [6, 6.07) is 11.1. The Morgan fingerprint density at radius 3 is 2.73 bits per heavy atom. The molecular formula is C20H17FN2O3. The smallest absolute Gasteiger partial charge is 0.267 e. The Labute approximate surface area is 148 Å². The zero-order valence-electron chi connectivity index (χ0n) is 14.1. The lowest BCUT2D eigenvalue weighted by molar-refractivity contribution is 0.0946. The summed E-state index contributed by atoms with van der Waals surface area (Å²) in [4.78, 5) is 25.5. The van der Waals surface area contributed by atoms with Crippen molar-refractivity contribution in [3.05, 3.63) is 75.3 Å². The van der Waals surface area contributed by atoms with Crippen molar-refractivity contribution in [2.24, 2.45) is 0 Å². The van der Waals surface area contributed by atoms with Crippen LogP contribution in [-0.2, 0) is 13.0 Å². The number of nitrogens with one attached hydrogen (secondary N) is 1. The summed E-state index contributed by atoms with van der Waals surface area (Å²) in [6.07, 6.45) is 0.687. The molecular weight excluding hydrogens is 335 g/mol. The van der Waals surface area contributed by atoms with Gasteiger partial charge in [-0.05, 0) is 42.7 Å². The Morgan fingerprint density at radius 2 is 2.00 bits per heavy atom. The number of rotatable bonds is 3. The third kappa shape index (κ3) is 2.45. The molecule has 5 nitrogen and oxygen atoms in total. The highest BCUT2D eigenvalue weighted by molar-refractivity contribution is 6.03. The van der Waals surface area contributed by atoms with Gasteiger partial charge >= 0.3 is 0 Å². The van der Waals surface area contributed by atoms with E-state index in [1.54, 1.807) is 22.8 Å². The molecule has 0 radical (unpaired) electrons. The second-order valence-corrected chi connectivity index (χ2v) is 6.57. The van der Waals surface area contributed by atoms with Crippen LogP contribution < -0.4 is 10.9 Å². The monoisotopic (exact) mass is 352 g/mol. The zero-order valence-corrected chi connectivity index (χ0v) is 14.1. The number of aromatic nitrogens is 1. The molecule has 3 aromatic rings. The molecule has 1 aromatic heterocycles. The second-order valence-electron chi connectivity index (χ2n) is 6.57. The number of carbonyl (C=O) groups excluding carboxylic acids is 1. The van der Waals surface area contributed by atoms with Crippen LogP contribution in [0.2, 0.25) is 0 Å². The Morgan fingerprint density at radius 1 is 1.27 bits per heavy atom. The van der Waals surface area contributed by atoms with E-state index in [0.29, 0.717) is 22.9 Å². The van der Waals surface area contributed by atoms with Crippen molar-refractivity contribution in [2.75, 3.05) is 0 Å². The summed E-state index contributed by atoms with van der Waals surface area (Å²) in [5.41, 5.74) is 1.62. The lowest BCUT2D eigenvalue weighted by atomic mass is 10.1. The summed E-state index contributed by atoms with van der Waals surface area (Å²) in [6.45, 7) is 2.05. The van der Waals surface area contributed by atoms with Gasteiger partial charge in [-0.1, -0.05) is 24.3 Å². The summed E-state index contributed by atoms with van der Waals surface area (Å²) in [5.74, 6) is -1.31. The molecule has 1 unspecified atom stereocenters. The van der Waals surface area contributed by atoms with Gasteiger partial charge in [-0.2, -0.15) is 0 Å². The van der Waals surface area contributed by atoms with Gasteiger partial charge in [0, 0.05) is 18.0 Å². The fourth-order valence-electron chi connectivity index (χ4n) is 3.60. The average molecular weight is 352 g/mol. The maximum Gasteiger partial charge on any atom is 0.267 e. The van der Waals surface area contributed by atoms with E-state index in [2.05, 4.69) is 5.32 Å². The first-order valence-corrected chi connectivity index (χ1v) is 8.39. The number of halogens is 1. The van der Waals surface area contributed by atoms with Crippen molar-refractivity contribution in [1.29, 1.82) is 0 Å². The van der Waals surface area contributed by atoms with Gasteiger partial charge in [-0.15, -0.1) is 0 Å². The largest absolute Gasteiger partial charge is 0.506 e. The van der Waals surface area contributed by atoms with Crippen molar-refractivity contribution >= 4 is 16.8 Å². The normalized spacial score (nSPS) is 15.4. The number of nitrogens with zero attached hydrogens (tertiary/aromatic N) is 1. The minimum atomic E-state index is -0.646. The number of hydrogen-bond donors (Lipinski definition) is 2. The van der Waals surface area contributed by atoms with E-state index in [0.717, 1.165) is 5.56 Å². The summed E-state index contributed by atoms with van der Waals surface area (Å²) in [7, 11) is 0. The van der Waals surface area contributed by atoms with Gasteiger partial charge < -0.3 is 15.0 Å². The number of para-hydroxylation sites is 1. The quantitative estimate of drug-likeness (QED) is 0.761. The highest BCUT2D eigenvalue weighted by Gasteiger charge is 2.29. The molecule has 26 heavy (non-hydrogen) atoms. The average Bonchev–Trinajstić information content (AvgIpc) is 2.96. The molecule has 0 spiro atoms. The van der Waals surface area contributed by atoms with Gasteiger partial charge in [0.2, 0.25) is 0 Å². The lowest BCUT2D eigenvalue weighted by Gasteiger charge is -2.14. The van der Waals surface area contributed by atoms with Crippen LogP contribution in [0.25, 0.3) is 10.9 Å². The van der Waals surface area contributed by atoms with Crippen molar-refractivity contribution in [3.63, 3.8) is 0 Å². The van der Waals surface area contributed by atoms with E-state index in [4.69, 9.17) is 0 Å². The molecule has 0 saturated heterocycles. The topological polar surface area (TPSA) is 71.3 Å². The fraction of sp³-hybridized carbons (Fsp3) is 0.200. The van der Waals surface area contributed by atoms with Crippen LogP contribution in [0.4, 0.5) is 4.39 Å². The molecule has 0 aliphatic carbocycles. The molecule has 1 aliphatic rings. The minimum Gasteiger partial charge on any atom is -0.506 e. The van der Waals surface area contributed by atoms with Gasteiger partial charge in [0.15, 0.2) is 0 Å². The summed E-state index contributed by atoms with van der Waals surface area (Å²) < 4.78 is 14.5. The molecule has 1 amide bonds. The highest BCUT2D eigenvalue weighted by atomic mass is 19.1. The van der Waals surface area contributed by atoms with Crippen LogP contribution >= 0.6 is 0 Å². The maximum absolute atomic E-state index is 13.0. The molecule has 0 fully saturated rings. The van der Waals surface area contributed by atoms with E-state index >= 15 is 0 Å². The standard InChI is InChI=1S/C20H17FN2O3/c1-11-9-13-3-2-4-15-17(13)23(11)20(26)16(18(15)24)19(25)22-10-12-5-7-14(21)8-6-12/h2-8,11,24H,9-10H2,1H3,(H,22,25). The highest BCUT2D eigenvalue weighted by Crippen LogP contribution is 2.35.